The van der Waals surface area contributed by atoms with Crippen LogP contribution in [0.2, 0.25) is 0 Å². The first-order valence-corrected chi connectivity index (χ1v) is 7.23. The van der Waals surface area contributed by atoms with E-state index in [2.05, 4.69) is 81.4 Å². The van der Waals surface area contributed by atoms with Crippen molar-refractivity contribution in [2.45, 2.75) is 6.54 Å². The molecular formula is C16H13IN2. The van der Waals surface area contributed by atoms with Gasteiger partial charge in [-0.15, -0.1) is 0 Å². The molecule has 0 fully saturated rings. The second-order valence-electron chi connectivity index (χ2n) is 4.35. The zero-order valence-electron chi connectivity index (χ0n) is 10.3. The molecule has 3 aromatic rings. The fraction of sp³-hybridized carbons (Fsp3) is 0.0625. The van der Waals surface area contributed by atoms with Crippen molar-refractivity contribution in [3.05, 3.63) is 69.9 Å². The number of hydrogen-bond donors (Lipinski definition) is 1. The Morgan fingerprint density at radius 3 is 2.63 bits per heavy atom. The minimum absolute atomic E-state index is 0.787. The van der Waals surface area contributed by atoms with Gasteiger partial charge in [-0.05, 0) is 51.1 Å². The molecule has 0 unspecified atom stereocenters. The van der Waals surface area contributed by atoms with Gasteiger partial charge in [0.05, 0.1) is 0 Å². The van der Waals surface area contributed by atoms with Crippen LogP contribution in [0.25, 0.3) is 10.8 Å². The molecule has 0 atom stereocenters. The van der Waals surface area contributed by atoms with Crippen LogP contribution in [-0.2, 0) is 6.54 Å². The molecule has 1 heterocycles. The van der Waals surface area contributed by atoms with Crippen LogP contribution in [0.1, 0.15) is 5.56 Å². The van der Waals surface area contributed by atoms with E-state index in [1.807, 2.05) is 12.3 Å². The van der Waals surface area contributed by atoms with Crippen LogP contribution in [0, 0.1) is 3.57 Å². The maximum absolute atomic E-state index is 4.35. The number of fused-ring (bicyclic) bond motifs is 1. The van der Waals surface area contributed by atoms with Crippen LogP contribution in [0.4, 0.5) is 5.82 Å². The van der Waals surface area contributed by atoms with Gasteiger partial charge in [0.2, 0.25) is 0 Å². The second kappa shape index (κ2) is 5.57. The third-order valence-corrected chi connectivity index (χ3v) is 3.71. The van der Waals surface area contributed by atoms with Gasteiger partial charge in [-0.25, -0.2) is 4.98 Å². The highest BCUT2D eigenvalue weighted by Gasteiger charge is 2.00. The summed E-state index contributed by atoms with van der Waals surface area (Å²) in [7, 11) is 0. The average Bonchev–Trinajstić information content (AvgIpc) is 2.47. The van der Waals surface area contributed by atoms with E-state index in [1.54, 1.807) is 0 Å². The van der Waals surface area contributed by atoms with Crippen molar-refractivity contribution in [1.82, 2.24) is 4.98 Å². The van der Waals surface area contributed by atoms with Gasteiger partial charge in [0.1, 0.15) is 5.82 Å². The van der Waals surface area contributed by atoms with E-state index in [4.69, 9.17) is 0 Å². The highest BCUT2D eigenvalue weighted by molar-refractivity contribution is 14.1. The zero-order chi connectivity index (χ0) is 13.1. The fourth-order valence-corrected chi connectivity index (χ4v) is 2.43. The van der Waals surface area contributed by atoms with Gasteiger partial charge in [-0.3, -0.25) is 0 Å². The van der Waals surface area contributed by atoms with Gasteiger partial charge in [-0.1, -0.05) is 42.5 Å². The van der Waals surface area contributed by atoms with Crippen LogP contribution >= 0.6 is 22.6 Å². The summed E-state index contributed by atoms with van der Waals surface area (Å²) < 4.78 is 1.15. The quantitative estimate of drug-likeness (QED) is 0.698. The molecule has 0 radical (unpaired) electrons. The molecule has 0 saturated carbocycles. The number of nitrogens with zero attached hydrogens (tertiary/aromatic N) is 1. The molecule has 0 spiro atoms. The Morgan fingerprint density at radius 1 is 0.947 bits per heavy atom. The van der Waals surface area contributed by atoms with Gasteiger partial charge in [0.15, 0.2) is 0 Å². The summed E-state index contributed by atoms with van der Waals surface area (Å²) in [4.78, 5) is 4.35. The van der Waals surface area contributed by atoms with Crippen molar-refractivity contribution < 1.29 is 0 Å². The number of anilines is 1. The Kier molecular flexibility index (Phi) is 3.64. The molecule has 1 N–H and O–H groups in total. The van der Waals surface area contributed by atoms with E-state index in [-0.39, 0.29) is 0 Å². The summed E-state index contributed by atoms with van der Waals surface area (Å²) in [6.45, 7) is 0.787. The summed E-state index contributed by atoms with van der Waals surface area (Å²) >= 11 is 2.26. The molecule has 3 rings (SSSR count). The summed E-state index contributed by atoms with van der Waals surface area (Å²) in [5, 5.41) is 5.94. The van der Waals surface area contributed by atoms with Gasteiger partial charge in [0.25, 0.3) is 0 Å². The maximum atomic E-state index is 4.35. The predicted octanol–water partition coefficient (Wildman–Crippen LogP) is 4.45. The lowest BCUT2D eigenvalue weighted by Gasteiger charge is -2.08. The Bertz CT molecular complexity index is 687. The Balaban J connectivity index is 1.84. The molecule has 2 aromatic carbocycles. The molecule has 0 amide bonds. The minimum Gasteiger partial charge on any atom is -0.366 e. The predicted molar refractivity (Wildman–Crippen MR) is 88.2 cm³/mol. The molecular weight excluding hydrogens is 347 g/mol. The molecule has 19 heavy (non-hydrogen) atoms. The smallest absolute Gasteiger partial charge is 0.126 e. The number of rotatable bonds is 3. The van der Waals surface area contributed by atoms with Crippen LogP contribution in [0.3, 0.4) is 0 Å². The number of aromatic nitrogens is 1. The fourth-order valence-electron chi connectivity index (χ4n) is 2.11. The first-order valence-electron chi connectivity index (χ1n) is 6.15. The molecule has 0 bridgehead atoms. The van der Waals surface area contributed by atoms with Gasteiger partial charge in [0, 0.05) is 16.3 Å². The molecule has 94 valence electrons. The van der Waals surface area contributed by atoms with Crippen LogP contribution < -0.4 is 5.32 Å². The first-order chi connectivity index (χ1) is 9.33. The standard InChI is InChI=1S/C16H13IN2/c17-14-8-9-16(19-11-14)18-10-13-6-3-5-12-4-1-2-7-15(12)13/h1-9,11H,10H2,(H,18,19). The summed E-state index contributed by atoms with van der Waals surface area (Å²) in [6, 6.07) is 18.9. The van der Waals surface area contributed by atoms with Crippen LogP contribution in [-0.4, -0.2) is 4.98 Å². The summed E-state index contributed by atoms with van der Waals surface area (Å²) in [6.07, 6.45) is 1.87. The molecule has 1 aromatic heterocycles. The molecule has 0 aliphatic heterocycles. The number of halogens is 1. The monoisotopic (exact) mass is 360 g/mol. The Labute approximate surface area is 126 Å². The van der Waals surface area contributed by atoms with E-state index in [0.29, 0.717) is 0 Å². The van der Waals surface area contributed by atoms with E-state index in [1.165, 1.54) is 16.3 Å². The van der Waals surface area contributed by atoms with Crippen molar-refractivity contribution in [3.8, 4) is 0 Å². The molecule has 0 aliphatic carbocycles. The molecule has 0 aliphatic rings. The van der Waals surface area contributed by atoms with Crippen molar-refractivity contribution >= 4 is 39.2 Å². The van der Waals surface area contributed by atoms with Gasteiger partial charge >= 0.3 is 0 Å². The Hall–Kier alpha value is -1.62. The average molecular weight is 360 g/mol. The molecule has 3 heteroatoms. The third kappa shape index (κ3) is 2.87. The largest absolute Gasteiger partial charge is 0.366 e. The van der Waals surface area contributed by atoms with Crippen molar-refractivity contribution in [2.24, 2.45) is 0 Å². The normalized spacial score (nSPS) is 10.6. The minimum atomic E-state index is 0.787. The highest BCUT2D eigenvalue weighted by atomic mass is 127. The Morgan fingerprint density at radius 2 is 1.79 bits per heavy atom. The number of hydrogen-bond acceptors (Lipinski definition) is 2. The number of nitrogens with one attached hydrogen (secondary N) is 1. The number of benzene rings is 2. The molecule has 0 saturated heterocycles. The lowest BCUT2D eigenvalue weighted by Crippen LogP contribution is -2.01. The van der Waals surface area contributed by atoms with Crippen molar-refractivity contribution in [3.63, 3.8) is 0 Å². The zero-order valence-corrected chi connectivity index (χ0v) is 12.5. The van der Waals surface area contributed by atoms with Crippen molar-refractivity contribution in [1.29, 1.82) is 0 Å². The maximum Gasteiger partial charge on any atom is 0.126 e. The number of pyridine rings is 1. The summed E-state index contributed by atoms with van der Waals surface area (Å²) in [5.41, 5.74) is 1.29. The van der Waals surface area contributed by atoms with E-state index >= 15 is 0 Å². The van der Waals surface area contributed by atoms with E-state index in [9.17, 15) is 0 Å². The van der Waals surface area contributed by atoms with Crippen molar-refractivity contribution in [2.75, 3.05) is 5.32 Å². The lowest BCUT2D eigenvalue weighted by atomic mass is 10.0. The summed E-state index contributed by atoms with van der Waals surface area (Å²) in [5.74, 6) is 0.911. The van der Waals surface area contributed by atoms with E-state index < -0.39 is 0 Å². The van der Waals surface area contributed by atoms with Crippen LogP contribution in [0.5, 0.6) is 0 Å². The van der Waals surface area contributed by atoms with Crippen LogP contribution in [0.15, 0.2) is 60.8 Å². The lowest BCUT2D eigenvalue weighted by molar-refractivity contribution is 1.12. The SMILES string of the molecule is Ic1ccc(NCc2cccc3ccccc23)nc1. The van der Waals surface area contributed by atoms with E-state index in [0.717, 1.165) is 15.9 Å². The van der Waals surface area contributed by atoms with Gasteiger partial charge in [-0.2, -0.15) is 0 Å². The van der Waals surface area contributed by atoms with Gasteiger partial charge < -0.3 is 5.32 Å². The third-order valence-electron chi connectivity index (χ3n) is 3.07. The first kappa shape index (κ1) is 12.4. The second-order valence-corrected chi connectivity index (χ2v) is 5.60. The molecule has 2 nitrogen and oxygen atoms in total. The topological polar surface area (TPSA) is 24.9 Å². The highest BCUT2D eigenvalue weighted by Crippen LogP contribution is 2.19.